The van der Waals surface area contributed by atoms with Gasteiger partial charge in [0.2, 0.25) is 0 Å². The molecular formula is C16H18N4O3. The summed E-state index contributed by atoms with van der Waals surface area (Å²) in [7, 11) is 0. The van der Waals surface area contributed by atoms with Gasteiger partial charge in [0.25, 0.3) is 5.91 Å². The lowest BCUT2D eigenvalue weighted by Gasteiger charge is -2.19. The Bertz CT molecular complexity index is 781. The number of nitrogens with one attached hydrogen (secondary N) is 2. The molecule has 1 saturated carbocycles. The second-order valence-electron chi connectivity index (χ2n) is 6.10. The fourth-order valence-electron chi connectivity index (χ4n) is 2.77. The predicted octanol–water partition coefficient (Wildman–Crippen LogP) is 2.06. The van der Waals surface area contributed by atoms with Crippen molar-refractivity contribution in [3.63, 3.8) is 0 Å². The lowest BCUT2D eigenvalue weighted by Crippen LogP contribution is -2.43. The number of hydrogen-bond donors (Lipinski definition) is 2. The molecule has 1 aliphatic heterocycles. The Kier molecular flexibility index (Phi) is 3.21. The minimum absolute atomic E-state index is 0.237. The van der Waals surface area contributed by atoms with Gasteiger partial charge >= 0.3 is 6.03 Å². The van der Waals surface area contributed by atoms with E-state index in [1.807, 2.05) is 18.2 Å². The minimum atomic E-state index is -0.494. The van der Waals surface area contributed by atoms with Gasteiger partial charge in [0.1, 0.15) is 11.6 Å². The van der Waals surface area contributed by atoms with Gasteiger partial charge in [-0.3, -0.25) is 9.69 Å². The highest BCUT2D eigenvalue weighted by Gasteiger charge is 2.30. The first kappa shape index (κ1) is 14.0. The first-order chi connectivity index (χ1) is 11.1. The molecule has 1 aromatic carbocycles. The highest BCUT2D eigenvalue weighted by Crippen LogP contribution is 2.40. The number of anilines is 1. The van der Waals surface area contributed by atoms with Crippen LogP contribution in [0.5, 0.6) is 0 Å². The van der Waals surface area contributed by atoms with Gasteiger partial charge in [0.05, 0.1) is 0 Å². The fraction of sp³-hybridized carbons (Fsp3) is 0.438. The molecule has 7 heteroatoms. The number of nitrogens with zero attached hydrogens (tertiary/aromatic N) is 2. The quantitative estimate of drug-likeness (QED) is 0.902. The second kappa shape index (κ2) is 5.26. The van der Waals surface area contributed by atoms with E-state index in [1.54, 1.807) is 6.92 Å². The summed E-state index contributed by atoms with van der Waals surface area (Å²) in [6, 6.07) is 4.77. The number of carbonyl (C=O) groups is 2. The van der Waals surface area contributed by atoms with E-state index in [4.69, 9.17) is 4.42 Å². The van der Waals surface area contributed by atoms with E-state index in [0.29, 0.717) is 19.0 Å². The fourth-order valence-corrected chi connectivity index (χ4v) is 2.77. The lowest BCUT2D eigenvalue weighted by atomic mass is 10.2. The largest absolute Gasteiger partial charge is 0.440 e. The number of carbonyl (C=O) groups excluding carboxylic acids is 2. The van der Waals surface area contributed by atoms with E-state index < -0.39 is 6.04 Å². The van der Waals surface area contributed by atoms with E-state index in [1.165, 1.54) is 4.90 Å². The molecule has 1 atom stereocenters. The smallest absolute Gasteiger partial charge is 0.324 e. The van der Waals surface area contributed by atoms with Crippen molar-refractivity contribution >= 4 is 28.7 Å². The number of oxazole rings is 1. The summed E-state index contributed by atoms with van der Waals surface area (Å²) in [6.07, 6.45) is 2.28. The van der Waals surface area contributed by atoms with Gasteiger partial charge in [-0.2, -0.15) is 0 Å². The standard InChI is InChI=1S/C16H18N4O3/c1-9(15(21)20-7-6-17-16(20)22)18-11-4-5-13-12(8-11)19-14(23-13)10-2-3-10/h4-5,8-10,18H,2-3,6-7H2,1H3,(H,17,22)/t9-/m1/s1. The molecule has 1 aromatic heterocycles. The van der Waals surface area contributed by atoms with Crippen molar-refractivity contribution in [2.24, 2.45) is 0 Å². The summed E-state index contributed by atoms with van der Waals surface area (Å²) >= 11 is 0. The molecule has 2 aliphatic rings. The Balaban J connectivity index is 1.50. The molecule has 0 bridgehead atoms. The van der Waals surface area contributed by atoms with Crippen LogP contribution in [-0.4, -0.2) is 41.0 Å². The van der Waals surface area contributed by atoms with Crippen LogP contribution in [0.1, 0.15) is 31.6 Å². The van der Waals surface area contributed by atoms with Crippen LogP contribution in [0.2, 0.25) is 0 Å². The molecule has 120 valence electrons. The van der Waals surface area contributed by atoms with Gasteiger partial charge in [-0.15, -0.1) is 0 Å². The Morgan fingerprint density at radius 3 is 3.00 bits per heavy atom. The second-order valence-corrected chi connectivity index (χ2v) is 6.10. The van der Waals surface area contributed by atoms with Crippen LogP contribution in [0.3, 0.4) is 0 Å². The monoisotopic (exact) mass is 314 g/mol. The van der Waals surface area contributed by atoms with Crippen molar-refractivity contribution in [2.45, 2.75) is 31.7 Å². The molecule has 3 amide bonds. The van der Waals surface area contributed by atoms with Crippen molar-refractivity contribution in [3.8, 4) is 0 Å². The number of fused-ring (bicyclic) bond motifs is 1. The van der Waals surface area contributed by atoms with Gasteiger partial charge in [-0.1, -0.05) is 0 Å². The van der Waals surface area contributed by atoms with Crippen LogP contribution < -0.4 is 10.6 Å². The molecule has 0 radical (unpaired) electrons. The van der Waals surface area contributed by atoms with Gasteiger partial charge in [0.15, 0.2) is 11.5 Å². The zero-order valence-electron chi connectivity index (χ0n) is 12.8. The van der Waals surface area contributed by atoms with E-state index in [0.717, 1.165) is 35.5 Å². The molecule has 1 saturated heterocycles. The number of aromatic nitrogens is 1. The summed E-state index contributed by atoms with van der Waals surface area (Å²) in [4.78, 5) is 29.6. The van der Waals surface area contributed by atoms with Crippen LogP contribution in [0.4, 0.5) is 10.5 Å². The zero-order valence-corrected chi connectivity index (χ0v) is 12.8. The summed E-state index contributed by atoms with van der Waals surface area (Å²) in [5.41, 5.74) is 2.33. The number of imide groups is 1. The molecule has 2 fully saturated rings. The Labute approximate surface area is 133 Å². The molecule has 2 heterocycles. The molecule has 0 unspecified atom stereocenters. The number of amides is 3. The number of rotatable bonds is 4. The number of hydrogen-bond acceptors (Lipinski definition) is 5. The Morgan fingerprint density at radius 2 is 2.30 bits per heavy atom. The van der Waals surface area contributed by atoms with E-state index >= 15 is 0 Å². The van der Waals surface area contributed by atoms with Gasteiger partial charge < -0.3 is 15.1 Å². The summed E-state index contributed by atoms with van der Waals surface area (Å²) < 4.78 is 5.73. The molecule has 4 rings (SSSR count). The SMILES string of the molecule is C[C@@H](Nc1ccc2oc(C3CC3)nc2c1)C(=O)N1CCNC1=O. The third-order valence-corrected chi connectivity index (χ3v) is 4.21. The maximum atomic E-state index is 12.3. The summed E-state index contributed by atoms with van der Waals surface area (Å²) in [5.74, 6) is 1.03. The molecule has 23 heavy (non-hydrogen) atoms. The zero-order chi connectivity index (χ0) is 16.0. The van der Waals surface area contributed by atoms with Crippen LogP contribution in [-0.2, 0) is 4.79 Å². The van der Waals surface area contributed by atoms with Crippen LogP contribution in [0.25, 0.3) is 11.1 Å². The van der Waals surface area contributed by atoms with Gasteiger partial charge in [0, 0.05) is 24.7 Å². The molecule has 2 N–H and O–H groups in total. The third kappa shape index (κ3) is 2.62. The maximum absolute atomic E-state index is 12.3. The van der Waals surface area contributed by atoms with Crippen molar-refractivity contribution in [1.82, 2.24) is 15.2 Å². The maximum Gasteiger partial charge on any atom is 0.324 e. The first-order valence-electron chi connectivity index (χ1n) is 7.88. The predicted molar refractivity (Wildman–Crippen MR) is 84.2 cm³/mol. The Morgan fingerprint density at radius 1 is 1.48 bits per heavy atom. The van der Waals surface area contributed by atoms with E-state index in [2.05, 4.69) is 15.6 Å². The van der Waals surface area contributed by atoms with Crippen LogP contribution in [0, 0.1) is 0 Å². The van der Waals surface area contributed by atoms with Crippen molar-refractivity contribution < 1.29 is 14.0 Å². The summed E-state index contributed by atoms with van der Waals surface area (Å²) in [5, 5.41) is 5.76. The molecular weight excluding hydrogens is 296 g/mol. The minimum Gasteiger partial charge on any atom is -0.440 e. The Hall–Kier alpha value is -2.57. The molecule has 7 nitrogen and oxygen atoms in total. The normalized spacial score (nSPS) is 19.0. The molecule has 2 aromatic rings. The van der Waals surface area contributed by atoms with Crippen molar-refractivity contribution in [1.29, 1.82) is 0 Å². The van der Waals surface area contributed by atoms with Gasteiger partial charge in [-0.05, 0) is 38.0 Å². The van der Waals surface area contributed by atoms with E-state index in [-0.39, 0.29) is 11.9 Å². The van der Waals surface area contributed by atoms with Crippen LogP contribution in [0.15, 0.2) is 22.6 Å². The molecule has 1 aliphatic carbocycles. The summed E-state index contributed by atoms with van der Waals surface area (Å²) in [6.45, 7) is 2.67. The lowest BCUT2D eigenvalue weighted by molar-refractivity contribution is -0.128. The average molecular weight is 314 g/mol. The van der Waals surface area contributed by atoms with E-state index in [9.17, 15) is 9.59 Å². The van der Waals surface area contributed by atoms with Crippen molar-refractivity contribution in [3.05, 3.63) is 24.1 Å². The van der Waals surface area contributed by atoms with Crippen LogP contribution >= 0.6 is 0 Å². The third-order valence-electron chi connectivity index (χ3n) is 4.21. The van der Waals surface area contributed by atoms with Crippen molar-refractivity contribution in [2.75, 3.05) is 18.4 Å². The number of urea groups is 1. The van der Waals surface area contributed by atoms with Gasteiger partial charge in [-0.25, -0.2) is 9.78 Å². The molecule has 0 spiro atoms. The number of benzene rings is 1. The topological polar surface area (TPSA) is 87.5 Å². The first-order valence-corrected chi connectivity index (χ1v) is 7.88. The average Bonchev–Trinajstić information content (AvgIpc) is 3.17. The highest BCUT2D eigenvalue weighted by atomic mass is 16.3. The highest BCUT2D eigenvalue weighted by molar-refractivity contribution is 5.99.